The van der Waals surface area contributed by atoms with Crippen LogP contribution in [-0.4, -0.2) is 56.2 Å². The third kappa shape index (κ3) is 4.83. The van der Waals surface area contributed by atoms with Crippen LogP contribution in [0.15, 0.2) is 53.4 Å². The topological polar surface area (TPSA) is 113 Å². The first-order valence-electron chi connectivity index (χ1n) is 11.1. The van der Waals surface area contributed by atoms with E-state index in [4.69, 9.17) is 4.74 Å². The number of amides is 2. The standard InChI is InChI=1S/C24H27N3O6S/c1-16-7-9-19(10-8-16)34(31,32)26-13-11-18(12-14-26)24(30)33-17(2)23(29)27-15-22(28)25-20-5-3-4-6-21(20)27/h3-10,17-18H,11-15H2,1-2H3,(H,25,28). The van der Waals surface area contributed by atoms with Crippen LogP contribution in [0.1, 0.15) is 25.3 Å². The predicted molar refractivity (Wildman–Crippen MR) is 126 cm³/mol. The number of fused-ring (bicyclic) bond motifs is 1. The number of rotatable bonds is 5. The summed E-state index contributed by atoms with van der Waals surface area (Å²) >= 11 is 0. The number of sulfonamides is 1. The Kier molecular flexibility index (Phi) is 6.72. The minimum atomic E-state index is -3.63. The van der Waals surface area contributed by atoms with Crippen LogP contribution in [0.3, 0.4) is 0 Å². The van der Waals surface area contributed by atoms with E-state index in [0.29, 0.717) is 24.2 Å². The molecule has 0 aromatic heterocycles. The monoisotopic (exact) mass is 485 g/mol. The number of benzene rings is 2. The molecule has 0 radical (unpaired) electrons. The molecule has 2 aliphatic rings. The molecule has 0 saturated carbocycles. The van der Waals surface area contributed by atoms with Gasteiger partial charge in [-0.15, -0.1) is 0 Å². The van der Waals surface area contributed by atoms with Gasteiger partial charge in [0.15, 0.2) is 6.10 Å². The maximum Gasteiger partial charge on any atom is 0.309 e. The second-order valence-corrected chi connectivity index (χ2v) is 10.5. The summed E-state index contributed by atoms with van der Waals surface area (Å²) in [5.41, 5.74) is 2.04. The molecule has 2 amide bonds. The number of esters is 1. The zero-order chi connectivity index (χ0) is 24.5. The average molecular weight is 486 g/mol. The predicted octanol–water partition coefficient (Wildman–Crippen LogP) is 2.31. The number of aryl methyl sites for hydroxylation is 1. The van der Waals surface area contributed by atoms with E-state index < -0.39 is 33.9 Å². The smallest absolute Gasteiger partial charge is 0.309 e. The summed E-state index contributed by atoms with van der Waals surface area (Å²) in [5.74, 6) is -1.86. The molecule has 0 spiro atoms. The lowest BCUT2D eigenvalue weighted by molar-refractivity contribution is -0.159. The summed E-state index contributed by atoms with van der Waals surface area (Å²) in [6.45, 7) is 3.59. The highest BCUT2D eigenvalue weighted by Crippen LogP contribution is 2.30. The maximum absolute atomic E-state index is 13.0. The zero-order valence-corrected chi connectivity index (χ0v) is 19.9. The molecule has 0 aliphatic carbocycles. The fraction of sp³-hybridized carbons (Fsp3) is 0.375. The van der Waals surface area contributed by atoms with Gasteiger partial charge in [0.25, 0.3) is 5.91 Å². The molecule has 180 valence electrons. The number of hydrogen-bond acceptors (Lipinski definition) is 6. The van der Waals surface area contributed by atoms with Crippen molar-refractivity contribution in [3.63, 3.8) is 0 Å². The summed E-state index contributed by atoms with van der Waals surface area (Å²) in [7, 11) is -3.63. The van der Waals surface area contributed by atoms with Crippen molar-refractivity contribution < 1.29 is 27.5 Å². The summed E-state index contributed by atoms with van der Waals surface area (Å²) in [6, 6.07) is 13.6. The minimum Gasteiger partial charge on any atom is -0.452 e. The Hall–Kier alpha value is -3.24. The first-order chi connectivity index (χ1) is 16.2. The quantitative estimate of drug-likeness (QED) is 0.651. The Morgan fingerprint density at radius 1 is 1.06 bits per heavy atom. The van der Waals surface area contributed by atoms with Crippen molar-refractivity contribution in [3.05, 3.63) is 54.1 Å². The molecule has 9 nitrogen and oxygen atoms in total. The number of nitrogens with zero attached hydrogens (tertiary/aromatic N) is 2. The molecular formula is C24H27N3O6S. The van der Waals surface area contributed by atoms with Gasteiger partial charge in [0.1, 0.15) is 6.54 Å². The third-order valence-electron chi connectivity index (χ3n) is 6.12. The molecule has 34 heavy (non-hydrogen) atoms. The first-order valence-corrected chi connectivity index (χ1v) is 12.6. The highest BCUT2D eigenvalue weighted by Gasteiger charge is 2.36. The second-order valence-electron chi connectivity index (χ2n) is 8.56. The van der Waals surface area contributed by atoms with Gasteiger partial charge in [-0.3, -0.25) is 19.3 Å². The normalized spacial score (nSPS) is 18.1. The molecule has 1 unspecified atom stereocenters. The Bertz CT molecular complexity index is 1200. The van der Waals surface area contributed by atoms with Crippen LogP contribution in [0.25, 0.3) is 0 Å². The molecule has 2 aromatic rings. The zero-order valence-electron chi connectivity index (χ0n) is 19.1. The molecule has 2 aromatic carbocycles. The minimum absolute atomic E-state index is 0.160. The molecule has 0 bridgehead atoms. The number of hydrogen-bond donors (Lipinski definition) is 1. The molecular weight excluding hydrogens is 458 g/mol. The SMILES string of the molecule is Cc1ccc(S(=O)(=O)N2CCC(C(=O)OC(C)C(=O)N3CC(=O)Nc4ccccc43)CC2)cc1. The lowest BCUT2D eigenvalue weighted by Gasteiger charge is -2.32. The van der Waals surface area contributed by atoms with Gasteiger partial charge >= 0.3 is 5.97 Å². The number of ether oxygens (including phenoxy) is 1. The van der Waals surface area contributed by atoms with Gasteiger partial charge in [-0.2, -0.15) is 4.31 Å². The van der Waals surface area contributed by atoms with E-state index in [1.54, 1.807) is 48.5 Å². The van der Waals surface area contributed by atoms with Gasteiger partial charge in [-0.25, -0.2) is 8.42 Å². The fourth-order valence-electron chi connectivity index (χ4n) is 4.16. The van der Waals surface area contributed by atoms with Gasteiger partial charge in [-0.1, -0.05) is 29.8 Å². The van der Waals surface area contributed by atoms with Crippen molar-refractivity contribution in [2.45, 2.75) is 37.7 Å². The van der Waals surface area contributed by atoms with Crippen LogP contribution in [-0.2, 0) is 29.1 Å². The summed E-state index contributed by atoms with van der Waals surface area (Å²) in [4.78, 5) is 39.2. The lowest BCUT2D eigenvalue weighted by atomic mass is 9.98. The third-order valence-corrected chi connectivity index (χ3v) is 8.04. The molecule has 10 heteroatoms. The molecule has 1 atom stereocenters. The van der Waals surface area contributed by atoms with E-state index in [1.807, 2.05) is 6.92 Å². The van der Waals surface area contributed by atoms with E-state index in [2.05, 4.69) is 5.32 Å². The second kappa shape index (κ2) is 9.55. The summed E-state index contributed by atoms with van der Waals surface area (Å²) < 4.78 is 32.6. The maximum atomic E-state index is 13.0. The van der Waals surface area contributed by atoms with Gasteiger partial charge in [0.05, 0.1) is 22.2 Å². The van der Waals surface area contributed by atoms with Gasteiger partial charge < -0.3 is 10.1 Å². The Labute approximate surface area is 198 Å². The van der Waals surface area contributed by atoms with Gasteiger partial charge in [0, 0.05) is 13.1 Å². The molecule has 2 aliphatic heterocycles. The Balaban J connectivity index is 1.35. The van der Waals surface area contributed by atoms with Crippen LogP contribution in [0.4, 0.5) is 11.4 Å². The van der Waals surface area contributed by atoms with E-state index in [9.17, 15) is 22.8 Å². The van der Waals surface area contributed by atoms with Gasteiger partial charge in [-0.05, 0) is 51.0 Å². The number of nitrogens with one attached hydrogen (secondary N) is 1. The molecule has 4 rings (SSSR count). The fourth-order valence-corrected chi connectivity index (χ4v) is 5.63. The largest absolute Gasteiger partial charge is 0.452 e. The first kappa shape index (κ1) is 23.9. The van der Waals surface area contributed by atoms with Crippen LogP contribution in [0.5, 0.6) is 0 Å². The average Bonchev–Trinajstić information content (AvgIpc) is 2.83. The lowest BCUT2D eigenvalue weighted by Crippen LogP contribution is -2.47. The Morgan fingerprint density at radius 2 is 1.71 bits per heavy atom. The van der Waals surface area contributed by atoms with Crippen molar-refractivity contribution in [2.24, 2.45) is 5.92 Å². The van der Waals surface area contributed by atoms with E-state index in [1.165, 1.54) is 16.1 Å². The number of carbonyl (C=O) groups is 3. The van der Waals surface area contributed by atoms with Crippen LogP contribution in [0.2, 0.25) is 0 Å². The van der Waals surface area contributed by atoms with Crippen LogP contribution >= 0.6 is 0 Å². The Morgan fingerprint density at radius 3 is 2.38 bits per heavy atom. The molecule has 2 heterocycles. The van der Waals surface area contributed by atoms with Crippen molar-refractivity contribution >= 4 is 39.2 Å². The van der Waals surface area contributed by atoms with E-state index in [0.717, 1.165) is 5.56 Å². The number of para-hydroxylation sites is 2. The molecule has 1 saturated heterocycles. The van der Waals surface area contributed by atoms with Gasteiger partial charge in [0.2, 0.25) is 15.9 Å². The summed E-state index contributed by atoms with van der Waals surface area (Å²) in [5, 5.41) is 2.71. The molecule has 1 N–H and O–H groups in total. The van der Waals surface area contributed by atoms with Crippen molar-refractivity contribution in [1.29, 1.82) is 0 Å². The van der Waals surface area contributed by atoms with E-state index in [-0.39, 0.29) is 30.4 Å². The summed E-state index contributed by atoms with van der Waals surface area (Å²) in [6.07, 6.45) is -0.472. The van der Waals surface area contributed by atoms with Crippen LogP contribution < -0.4 is 10.2 Å². The van der Waals surface area contributed by atoms with Crippen LogP contribution in [0, 0.1) is 12.8 Å². The van der Waals surface area contributed by atoms with E-state index >= 15 is 0 Å². The van der Waals surface area contributed by atoms with Crippen molar-refractivity contribution in [1.82, 2.24) is 4.31 Å². The number of anilines is 2. The highest BCUT2D eigenvalue weighted by molar-refractivity contribution is 7.89. The number of carbonyl (C=O) groups excluding carboxylic acids is 3. The van der Waals surface area contributed by atoms with Crippen molar-refractivity contribution in [3.8, 4) is 0 Å². The number of piperidine rings is 1. The van der Waals surface area contributed by atoms with Crippen molar-refractivity contribution in [2.75, 3.05) is 29.9 Å². The highest BCUT2D eigenvalue weighted by atomic mass is 32.2. The molecule has 1 fully saturated rings.